The van der Waals surface area contributed by atoms with E-state index in [-0.39, 0.29) is 28.0 Å². The van der Waals surface area contributed by atoms with Crippen molar-refractivity contribution in [3.63, 3.8) is 0 Å². The van der Waals surface area contributed by atoms with Crippen molar-refractivity contribution in [2.24, 2.45) is 0 Å². The van der Waals surface area contributed by atoms with Gasteiger partial charge < -0.3 is 14.2 Å². The lowest BCUT2D eigenvalue weighted by molar-refractivity contribution is -0.130. The maximum Gasteiger partial charge on any atom is 0.338 e. The van der Waals surface area contributed by atoms with E-state index in [1.165, 1.54) is 19.1 Å². The summed E-state index contributed by atoms with van der Waals surface area (Å²) in [6, 6.07) is 15.6. The summed E-state index contributed by atoms with van der Waals surface area (Å²) in [5, 5.41) is 0. The zero-order chi connectivity index (χ0) is 30.1. The van der Waals surface area contributed by atoms with Crippen LogP contribution in [0.4, 0.5) is 4.39 Å². The van der Waals surface area contributed by atoms with Gasteiger partial charge in [-0.05, 0) is 68.8 Å². The van der Waals surface area contributed by atoms with Gasteiger partial charge in [-0.25, -0.2) is 18.8 Å². The summed E-state index contributed by atoms with van der Waals surface area (Å²) in [7, 11) is 0. The molecule has 0 amide bonds. The Labute approximate surface area is 238 Å². The van der Waals surface area contributed by atoms with Gasteiger partial charge in [0.05, 0.1) is 5.56 Å². The standard InChI is InChI=1S/C34H27FO6/c1-21(2)32(36)39-28-15-9-24(10-16-28)7-13-26-20-31(41-34(38)23(5)6)27(19-30(26)35)14-8-25-11-17-29(18-12-25)40-33(37)22(3)4/h8-12,14-20H,1,3,5H2,2,4,6H3. The molecule has 0 spiro atoms. The summed E-state index contributed by atoms with van der Waals surface area (Å²) < 4.78 is 30.8. The maximum absolute atomic E-state index is 15.1. The van der Waals surface area contributed by atoms with Crippen molar-refractivity contribution in [2.75, 3.05) is 0 Å². The Morgan fingerprint density at radius 2 is 1.17 bits per heavy atom. The molecule has 0 fully saturated rings. The minimum Gasteiger partial charge on any atom is -0.423 e. The van der Waals surface area contributed by atoms with Crippen LogP contribution in [0, 0.1) is 17.7 Å². The van der Waals surface area contributed by atoms with Gasteiger partial charge in [0.2, 0.25) is 0 Å². The maximum atomic E-state index is 15.1. The van der Waals surface area contributed by atoms with Crippen LogP contribution >= 0.6 is 0 Å². The Kier molecular flexibility index (Phi) is 9.93. The smallest absolute Gasteiger partial charge is 0.338 e. The quantitative estimate of drug-likeness (QED) is 0.100. The highest BCUT2D eigenvalue weighted by Gasteiger charge is 2.13. The van der Waals surface area contributed by atoms with Crippen LogP contribution in [-0.4, -0.2) is 17.9 Å². The number of halogens is 1. The van der Waals surface area contributed by atoms with Gasteiger partial charge in [-0.3, -0.25) is 0 Å². The largest absolute Gasteiger partial charge is 0.423 e. The molecule has 0 saturated carbocycles. The second-order valence-corrected chi connectivity index (χ2v) is 9.06. The molecule has 0 unspecified atom stereocenters. The van der Waals surface area contributed by atoms with E-state index in [9.17, 15) is 14.4 Å². The van der Waals surface area contributed by atoms with Crippen LogP contribution in [0.2, 0.25) is 0 Å². The van der Waals surface area contributed by atoms with Crippen LogP contribution in [0.15, 0.2) is 97.1 Å². The predicted molar refractivity (Wildman–Crippen MR) is 156 cm³/mol. The lowest BCUT2D eigenvalue weighted by Crippen LogP contribution is -2.09. The molecule has 0 heterocycles. The molecule has 0 aliphatic carbocycles. The first-order valence-electron chi connectivity index (χ1n) is 12.3. The van der Waals surface area contributed by atoms with E-state index in [4.69, 9.17) is 14.2 Å². The number of rotatable bonds is 8. The van der Waals surface area contributed by atoms with Crippen molar-refractivity contribution in [3.05, 3.63) is 125 Å². The molecule has 3 rings (SSSR count). The fourth-order valence-electron chi connectivity index (χ4n) is 3.04. The van der Waals surface area contributed by atoms with E-state index in [0.29, 0.717) is 22.6 Å². The monoisotopic (exact) mass is 550 g/mol. The van der Waals surface area contributed by atoms with Crippen molar-refractivity contribution >= 4 is 30.1 Å². The highest BCUT2D eigenvalue weighted by Crippen LogP contribution is 2.27. The highest BCUT2D eigenvalue weighted by atomic mass is 19.1. The van der Waals surface area contributed by atoms with Gasteiger partial charge in [-0.1, -0.05) is 55.9 Å². The molecule has 206 valence electrons. The fourth-order valence-corrected chi connectivity index (χ4v) is 3.04. The van der Waals surface area contributed by atoms with Crippen LogP contribution in [0.1, 0.15) is 43.0 Å². The number of esters is 3. The first-order valence-corrected chi connectivity index (χ1v) is 12.3. The second-order valence-electron chi connectivity index (χ2n) is 9.06. The van der Waals surface area contributed by atoms with Crippen molar-refractivity contribution in [1.82, 2.24) is 0 Å². The molecule has 0 aromatic heterocycles. The summed E-state index contributed by atoms with van der Waals surface area (Å²) >= 11 is 0. The van der Waals surface area contributed by atoms with Crippen LogP contribution in [0.25, 0.3) is 12.2 Å². The third kappa shape index (κ3) is 8.77. The van der Waals surface area contributed by atoms with E-state index in [1.54, 1.807) is 74.5 Å². The molecule has 0 atom stereocenters. The van der Waals surface area contributed by atoms with Gasteiger partial charge >= 0.3 is 17.9 Å². The van der Waals surface area contributed by atoms with Gasteiger partial charge in [-0.2, -0.15) is 0 Å². The third-order valence-electron chi connectivity index (χ3n) is 5.30. The van der Waals surface area contributed by atoms with Crippen molar-refractivity contribution in [2.45, 2.75) is 20.8 Å². The SMILES string of the molecule is C=C(C)C(=O)Oc1ccc(C#Cc2cc(OC(=O)C(=C)C)c(C=Cc3ccc(OC(=O)C(=C)C)cc3)cc2F)cc1. The minimum absolute atomic E-state index is 0.00753. The second kappa shape index (κ2) is 13.5. The van der Waals surface area contributed by atoms with Gasteiger partial charge in [0, 0.05) is 33.9 Å². The lowest BCUT2D eigenvalue weighted by atomic mass is 10.1. The zero-order valence-corrected chi connectivity index (χ0v) is 22.9. The van der Waals surface area contributed by atoms with Gasteiger partial charge in [0.1, 0.15) is 23.1 Å². The molecule has 0 saturated heterocycles. The topological polar surface area (TPSA) is 78.9 Å². The van der Waals surface area contributed by atoms with Crippen molar-refractivity contribution < 1.29 is 33.0 Å². The molecule has 41 heavy (non-hydrogen) atoms. The van der Waals surface area contributed by atoms with Crippen LogP contribution < -0.4 is 14.2 Å². The number of hydrogen-bond donors (Lipinski definition) is 0. The zero-order valence-electron chi connectivity index (χ0n) is 22.9. The Hall–Kier alpha value is -5.48. The molecule has 7 heteroatoms. The molecule has 3 aromatic carbocycles. The molecule has 0 N–H and O–H groups in total. The summed E-state index contributed by atoms with van der Waals surface area (Å²) in [6.45, 7) is 15.3. The van der Waals surface area contributed by atoms with Crippen molar-refractivity contribution in [1.29, 1.82) is 0 Å². The molecule has 3 aromatic rings. The summed E-state index contributed by atoms with van der Waals surface area (Å²) in [5.41, 5.74) is 2.28. The highest BCUT2D eigenvalue weighted by molar-refractivity contribution is 5.90. The fraction of sp³-hybridized carbons (Fsp3) is 0.0882. The van der Waals surface area contributed by atoms with E-state index >= 15 is 4.39 Å². The van der Waals surface area contributed by atoms with Gasteiger partial charge in [-0.15, -0.1) is 0 Å². The molecule has 0 aliphatic heterocycles. The van der Waals surface area contributed by atoms with E-state index in [2.05, 4.69) is 31.6 Å². The van der Waals surface area contributed by atoms with E-state index in [1.807, 2.05) is 0 Å². The number of carbonyl (C=O) groups excluding carboxylic acids is 3. The first kappa shape index (κ1) is 30.1. The van der Waals surface area contributed by atoms with Crippen LogP contribution in [0.3, 0.4) is 0 Å². The normalized spacial score (nSPS) is 10.2. The number of hydrogen-bond acceptors (Lipinski definition) is 6. The number of benzene rings is 3. The third-order valence-corrected chi connectivity index (χ3v) is 5.30. The van der Waals surface area contributed by atoms with Gasteiger partial charge in [0.15, 0.2) is 0 Å². The summed E-state index contributed by atoms with van der Waals surface area (Å²) in [4.78, 5) is 35.6. The number of ether oxygens (including phenoxy) is 3. The average molecular weight is 551 g/mol. The molecular formula is C34H27FO6. The Morgan fingerprint density at radius 1 is 0.683 bits per heavy atom. The first-order chi connectivity index (χ1) is 19.4. The number of carbonyl (C=O) groups is 3. The van der Waals surface area contributed by atoms with Crippen LogP contribution in [0.5, 0.6) is 17.2 Å². The Bertz CT molecular complexity index is 1630. The molecule has 6 nitrogen and oxygen atoms in total. The average Bonchev–Trinajstić information content (AvgIpc) is 2.93. The molecule has 0 aliphatic rings. The molecule has 0 bridgehead atoms. The molecular weight excluding hydrogens is 523 g/mol. The Morgan fingerprint density at radius 3 is 1.68 bits per heavy atom. The minimum atomic E-state index is -0.672. The van der Waals surface area contributed by atoms with E-state index < -0.39 is 23.7 Å². The van der Waals surface area contributed by atoms with Crippen molar-refractivity contribution in [3.8, 4) is 29.1 Å². The lowest BCUT2D eigenvalue weighted by Gasteiger charge is -2.09. The summed E-state index contributed by atoms with van der Waals surface area (Å²) in [6.07, 6.45) is 3.27. The summed E-state index contributed by atoms with van der Waals surface area (Å²) in [5.74, 6) is 3.99. The predicted octanol–water partition coefficient (Wildman–Crippen LogP) is 6.84. The van der Waals surface area contributed by atoms with E-state index in [0.717, 1.165) is 5.56 Å². The molecule has 0 radical (unpaired) electrons. The van der Waals surface area contributed by atoms with Gasteiger partial charge in [0.25, 0.3) is 0 Å². The Balaban J connectivity index is 1.87. The van der Waals surface area contributed by atoms with Crippen LogP contribution in [-0.2, 0) is 14.4 Å².